The molecule has 0 saturated carbocycles. The standard InChI is InChI=1S/C6H12O5.C2H6O/c1-2-3(7)4(8)5(9)6(10)11-2;1-2-3/h2-10H,1H3;3H,2H2,1H3/t2-,3+,4+,5-,6?;/m0./s1. The van der Waals surface area contributed by atoms with Crippen molar-refractivity contribution in [3.05, 3.63) is 0 Å². The SMILES string of the molecule is CCO.C[C@@H]1OC(O)[C@@H](O)[C@H](O)[C@@H]1O. The van der Waals surface area contributed by atoms with Crippen molar-refractivity contribution in [1.82, 2.24) is 0 Å². The molecule has 5 atom stereocenters. The third-order valence-corrected chi connectivity index (χ3v) is 1.83. The van der Waals surface area contributed by atoms with Crippen molar-refractivity contribution < 1.29 is 30.3 Å². The molecule has 1 fully saturated rings. The third-order valence-electron chi connectivity index (χ3n) is 1.83. The molecule has 0 aromatic carbocycles. The maximum absolute atomic E-state index is 9.09. The van der Waals surface area contributed by atoms with Crippen LogP contribution in [0, 0.1) is 0 Å². The molecule has 0 amide bonds. The third kappa shape index (κ3) is 3.49. The van der Waals surface area contributed by atoms with Gasteiger partial charge in [0.15, 0.2) is 6.29 Å². The average Bonchev–Trinajstić information content (AvgIpc) is 2.13. The van der Waals surface area contributed by atoms with Gasteiger partial charge in [0.05, 0.1) is 6.10 Å². The first kappa shape index (κ1) is 13.8. The zero-order valence-corrected chi connectivity index (χ0v) is 8.24. The molecule has 5 N–H and O–H groups in total. The summed E-state index contributed by atoms with van der Waals surface area (Å²) < 4.78 is 4.68. The molecular formula is C8H18O6. The van der Waals surface area contributed by atoms with E-state index in [1.807, 2.05) is 0 Å². The summed E-state index contributed by atoms with van der Waals surface area (Å²) in [6, 6.07) is 0. The fraction of sp³-hybridized carbons (Fsp3) is 1.00. The lowest BCUT2D eigenvalue weighted by Crippen LogP contribution is -2.56. The van der Waals surface area contributed by atoms with Crippen molar-refractivity contribution in [2.45, 2.75) is 44.6 Å². The Balaban J connectivity index is 0.000000500. The Bertz CT molecular complexity index is 139. The Morgan fingerprint density at radius 3 is 1.86 bits per heavy atom. The fourth-order valence-electron chi connectivity index (χ4n) is 1.03. The van der Waals surface area contributed by atoms with Gasteiger partial charge >= 0.3 is 0 Å². The molecule has 1 aliphatic heterocycles. The van der Waals surface area contributed by atoms with Gasteiger partial charge in [-0.2, -0.15) is 0 Å². The second-order valence-corrected chi connectivity index (χ2v) is 3.02. The van der Waals surface area contributed by atoms with E-state index < -0.39 is 30.7 Å². The summed E-state index contributed by atoms with van der Waals surface area (Å²) in [4.78, 5) is 0. The van der Waals surface area contributed by atoms with Crippen LogP contribution in [0.2, 0.25) is 0 Å². The summed E-state index contributed by atoms with van der Waals surface area (Å²) in [6.07, 6.45) is -5.99. The molecule has 1 unspecified atom stereocenters. The Labute approximate surface area is 82.4 Å². The molecule has 0 spiro atoms. The first-order valence-corrected chi connectivity index (χ1v) is 4.44. The van der Waals surface area contributed by atoms with E-state index in [1.165, 1.54) is 6.92 Å². The summed E-state index contributed by atoms with van der Waals surface area (Å²) in [5.74, 6) is 0. The molecule has 1 rings (SSSR count). The molecule has 1 saturated heterocycles. The minimum absolute atomic E-state index is 0.250. The van der Waals surface area contributed by atoms with Crippen molar-refractivity contribution in [3.8, 4) is 0 Å². The summed E-state index contributed by atoms with van der Waals surface area (Å²) in [7, 11) is 0. The van der Waals surface area contributed by atoms with Crippen LogP contribution in [0.1, 0.15) is 13.8 Å². The summed E-state index contributed by atoms with van der Waals surface area (Å²) in [5.41, 5.74) is 0. The number of hydrogen-bond acceptors (Lipinski definition) is 6. The Morgan fingerprint density at radius 2 is 1.43 bits per heavy atom. The lowest BCUT2D eigenvalue weighted by Gasteiger charge is -2.36. The van der Waals surface area contributed by atoms with E-state index in [2.05, 4.69) is 4.74 Å². The summed E-state index contributed by atoms with van der Waals surface area (Å²) >= 11 is 0. The minimum Gasteiger partial charge on any atom is -0.397 e. The minimum atomic E-state index is -1.43. The van der Waals surface area contributed by atoms with Gasteiger partial charge in [-0.1, -0.05) is 0 Å². The highest BCUT2D eigenvalue weighted by molar-refractivity contribution is 4.86. The van der Waals surface area contributed by atoms with Crippen LogP contribution in [0.4, 0.5) is 0 Å². The van der Waals surface area contributed by atoms with Gasteiger partial charge in [0.2, 0.25) is 0 Å². The van der Waals surface area contributed by atoms with Gasteiger partial charge in [-0.15, -0.1) is 0 Å². The van der Waals surface area contributed by atoms with E-state index in [4.69, 9.17) is 25.5 Å². The zero-order chi connectivity index (χ0) is 11.3. The van der Waals surface area contributed by atoms with E-state index in [9.17, 15) is 0 Å². The Morgan fingerprint density at radius 1 is 1.00 bits per heavy atom. The van der Waals surface area contributed by atoms with Crippen molar-refractivity contribution >= 4 is 0 Å². The van der Waals surface area contributed by atoms with Gasteiger partial charge in [0, 0.05) is 6.61 Å². The monoisotopic (exact) mass is 210 g/mol. The van der Waals surface area contributed by atoms with Gasteiger partial charge in [-0.05, 0) is 13.8 Å². The van der Waals surface area contributed by atoms with Gasteiger partial charge in [-0.3, -0.25) is 0 Å². The van der Waals surface area contributed by atoms with Gasteiger partial charge in [0.1, 0.15) is 18.3 Å². The van der Waals surface area contributed by atoms with E-state index in [0.717, 1.165) is 0 Å². The molecule has 0 aliphatic carbocycles. The van der Waals surface area contributed by atoms with E-state index in [1.54, 1.807) is 6.92 Å². The lowest BCUT2D eigenvalue weighted by molar-refractivity contribution is -0.277. The topological polar surface area (TPSA) is 110 Å². The summed E-state index contributed by atoms with van der Waals surface area (Å²) in [5, 5.41) is 43.5. The number of aliphatic hydroxyl groups excluding tert-OH is 5. The number of aliphatic hydroxyl groups is 5. The van der Waals surface area contributed by atoms with Crippen LogP contribution in [-0.2, 0) is 4.74 Å². The molecule has 0 radical (unpaired) electrons. The molecule has 0 aromatic rings. The largest absolute Gasteiger partial charge is 0.397 e. The highest BCUT2D eigenvalue weighted by atomic mass is 16.6. The number of ether oxygens (including phenoxy) is 1. The van der Waals surface area contributed by atoms with Crippen LogP contribution < -0.4 is 0 Å². The molecular weight excluding hydrogens is 192 g/mol. The molecule has 0 aromatic heterocycles. The molecule has 86 valence electrons. The van der Waals surface area contributed by atoms with Gasteiger partial charge in [-0.25, -0.2) is 0 Å². The van der Waals surface area contributed by atoms with Crippen molar-refractivity contribution in [2.75, 3.05) is 6.61 Å². The van der Waals surface area contributed by atoms with Crippen LogP contribution in [0.25, 0.3) is 0 Å². The smallest absolute Gasteiger partial charge is 0.183 e. The second-order valence-electron chi connectivity index (χ2n) is 3.02. The Kier molecular flexibility index (Phi) is 6.17. The van der Waals surface area contributed by atoms with E-state index >= 15 is 0 Å². The van der Waals surface area contributed by atoms with Crippen LogP contribution in [0.5, 0.6) is 0 Å². The molecule has 1 aliphatic rings. The quantitative estimate of drug-likeness (QED) is 0.310. The van der Waals surface area contributed by atoms with Crippen LogP contribution in [0.15, 0.2) is 0 Å². The predicted octanol–water partition coefficient (Wildman–Crippen LogP) is -2.20. The second kappa shape index (κ2) is 6.28. The van der Waals surface area contributed by atoms with E-state index in [0.29, 0.717) is 0 Å². The van der Waals surface area contributed by atoms with Crippen molar-refractivity contribution in [2.24, 2.45) is 0 Å². The fourth-order valence-corrected chi connectivity index (χ4v) is 1.03. The predicted molar refractivity (Wildman–Crippen MR) is 47.3 cm³/mol. The first-order valence-electron chi connectivity index (χ1n) is 4.44. The highest BCUT2D eigenvalue weighted by Gasteiger charge is 2.40. The molecule has 14 heavy (non-hydrogen) atoms. The highest BCUT2D eigenvalue weighted by Crippen LogP contribution is 2.18. The number of rotatable bonds is 0. The summed E-state index contributed by atoms with van der Waals surface area (Å²) in [6.45, 7) is 3.43. The lowest BCUT2D eigenvalue weighted by atomic mass is 10.0. The van der Waals surface area contributed by atoms with E-state index in [-0.39, 0.29) is 6.61 Å². The van der Waals surface area contributed by atoms with Crippen LogP contribution in [-0.4, -0.2) is 62.8 Å². The maximum atomic E-state index is 9.09. The van der Waals surface area contributed by atoms with Gasteiger partial charge in [0.25, 0.3) is 0 Å². The van der Waals surface area contributed by atoms with Crippen molar-refractivity contribution in [1.29, 1.82) is 0 Å². The zero-order valence-electron chi connectivity index (χ0n) is 8.24. The van der Waals surface area contributed by atoms with Crippen LogP contribution >= 0.6 is 0 Å². The maximum Gasteiger partial charge on any atom is 0.183 e. The van der Waals surface area contributed by atoms with Crippen LogP contribution in [0.3, 0.4) is 0 Å². The normalized spacial score (nSPS) is 42.6. The molecule has 6 heteroatoms. The van der Waals surface area contributed by atoms with Crippen molar-refractivity contribution in [3.63, 3.8) is 0 Å². The molecule has 0 bridgehead atoms. The number of hydrogen-bond donors (Lipinski definition) is 5. The molecule has 6 nitrogen and oxygen atoms in total. The average molecular weight is 210 g/mol. The molecule has 1 heterocycles. The first-order chi connectivity index (χ1) is 6.45. The Hall–Kier alpha value is -0.240. The van der Waals surface area contributed by atoms with Gasteiger partial charge < -0.3 is 30.3 Å².